The SMILES string of the molecule is NC(=S)CN(C(=O)CC1CCC1)C1CCCC1. The second-order valence-corrected chi connectivity index (χ2v) is 5.95. The standard InChI is InChI=1S/C13H22N2OS/c14-12(17)9-15(11-6-1-2-7-11)13(16)8-10-4-3-5-10/h10-11H,1-9H2,(H2,14,17). The topological polar surface area (TPSA) is 46.3 Å². The normalized spacial score (nSPS) is 21.2. The van der Waals surface area contributed by atoms with Crippen LogP contribution in [0.15, 0.2) is 0 Å². The van der Waals surface area contributed by atoms with Gasteiger partial charge >= 0.3 is 0 Å². The second-order valence-electron chi connectivity index (χ2n) is 5.43. The molecule has 0 aliphatic heterocycles. The van der Waals surface area contributed by atoms with Gasteiger partial charge in [0.1, 0.15) is 0 Å². The minimum absolute atomic E-state index is 0.273. The molecule has 2 N–H and O–H groups in total. The number of carbonyl (C=O) groups is 1. The molecule has 0 aromatic heterocycles. The minimum atomic E-state index is 0.273. The number of hydrogen-bond acceptors (Lipinski definition) is 2. The number of nitrogens with two attached hydrogens (primary N) is 1. The molecule has 17 heavy (non-hydrogen) atoms. The van der Waals surface area contributed by atoms with Crippen LogP contribution in [-0.2, 0) is 4.79 Å². The zero-order chi connectivity index (χ0) is 12.3. The Morgan fingerprint density at radius 1 is 1.18 bits per heavy atom. The maximum Gasteiger partial charge on any atom is 0.223 e. The second kappa shape index (κ2) is 5.80. The summed E-state index contributed by atoms with van der Waals surface area (Å²) in [6, 6.07) is 0.393. The van der Waals surface area contributed by atoms with Gasteiger partial charge in [-0.15, -0.1) is 0 Å². The highest BCUT2D eigenvalue weighted by Gasteiger charge is 2.29. The molecule has 4 heteroatoms. The molecule has 2 aliphatic carbocycles. The number of rotatable bonds is 5. The highest BCUT2D eigenvalue weighted by Crippen LogP contribution is 2.31. The van der Waals surface area contributed by atoms with E-state index in [1.165, 1.54) is 32.1 Å². The molecule has 0 saturated heterocycles. The first-order valence-corrected chi connectivity index (χ1v) is 7.15. The summed E-state index contributed by atoms with van der Waals surface area (Å²) < 4.78 is 0. The smallest absolute Gasteiger partial charge is 0.223 e. The van der Waals surface area contributed by atoms with Crippen molar-refractivity contribution in [2.45, 2.75) is 57.4 Å². The minimum Gasteiger partial charge on any atom is -0.392 e. The van der Waals surface area contributed by atoms with Gasteiger partial charge < -0.3 is 10.6 Å². The third-order valence-corrected chi connectivity index (χ3v) is 4.23. The summed E-state index contributed by atoms with van der Waals surface area (Å²) in [7, 11) is 0. The van der Waals surface area contributed by atoms with Gasteiger partial charge in [-0.1, -0.05) is 31.5 Å². The Bertz CT molecular complexity index is 296. The van der Waals surface area contributed by atoms with Crippen LogP contribution in [0.4, 0.5) is 0 Å². The van der Waals surface area contributed by atoms with Crippen LogP contribution in [0.2, 0.25) is 0 Å². The summed E-state index contributed by atoms with van der Waals surface area (Å²) in [4.78, 5) is 14.7. The van der Waals surface area contributed by atoms with E-state index in [-0.39, 0.29) is 5.91 Å². The van der Waals surface area contributed by atoms with E-state index in [4.69, 9.17) is 18.0 Å². The molecule has 2 rings (SSSR count). The summed E-state index contributed by atoms with van der Waals surface area (Å²) in [6.45, 7) is 0.478. The Labute approximate surface area is 109 Å². The molecule has 0 radical (unpaired) electrons. The number of nitrogens with zero attached hydrogens (tertiary/aromatic N) is 1. The van der Waals surface area contributed by atoms with Crippen molar-refractivity contribution in [2.75, 3.05) is 6.54 Å². The van der Waals surface area contributed by atoms with Crippen LogP contribution < -0.4 is 5.73 Å². The van der Waals surface area contributed by atoms with Gasteiger partial charge in [-0.3, -0.25) is 4.79 Å². The Morgan fingerprint density at radius 2 is 1.82 bits per heavy atom. The first-order valence-electron chi connectivity index (χ1n) is 6.74. The molecule has 2 fully saturated rings. The number of hydrogen-bond donors (Lipinski definition) is 1. The number of thiocarbonyl (C=S) groups is 1. The van der Waals surface area contributed by atoms with E-state index in [1.54, 1.807) is 0 Å². The van der Waals surface area contributed by atoms with Crippen LogP contribution in [0.5, 0.6) is 0 Å². The molecule has 0 spiro atoms. The predicted molar refractivity (Wildman–Crippen MR) is 72.7 cm³/mol. The zero-order valence-corrected chi connectivity index (χ0v) is 11.2. The lowest BCUT2D eigenvalue weighted by atomic mass is 9.82. The van der Waals surface area contributed by atoms with Gasteiger partial charge in [0, 0.05) is 12.5 Å². The average molecular weight is 254 g/mol. The Kier molecular flexibility index (Phi) is 4.37. The molecule has 1 amide bonds. The predicted octanol–water partition coefficient (Wildman–Crippen LogP) is 2.23. The van der Waals surface area contributed by atoms with Gasteiger partial charge in [0.05, 0.1) is 11.5 Å². The van der Waals surface area contributed by atoms with Crippen molar-refractivity contribution in [2.24, 2.45) is 11.7 Å². The Hall–Kier alpha value is -0.640. The van der Waals surface area contributed by atoms with Crippen LogP contribution >= 0.6 is 12.2 Å². The lowest BCUT2D eigenvalue weighted by Crippen LogP contribution is -2.44. The van der Waals surface area contributed by atoms with Crippen LogP contribution in [0, 0.1) is 5.92 Å². The van der Waals surface area contributed by atoms with Crippen molar-refractivity contribution in [3.8, 4) is 0 Å². The fraction of sp³-hybridized carbons (Fsp3) is 0.846. The third-order valence-electron chi connectivity index (χ3n) is 4.10. The molecule has 0 aromatic rings. The van der Waals surface area contributed by atoms with Gasteiger partial charge in [0.15, 0.2) is 0 Å². The Morgan fingerprint density at radius 3 is 2.29 bits per heavy atom. The van der Waals surface area contributed by atoms with Crippen LogP contribution in [-0.4, -0.2) is 28.4 Å². The lowest BCUT2D eigenvalue weighted by molar-refractivity contribution is -0.134. The maximum absolute atomic E-state index is 12.3. The van der Waals surface area contributed by atoms with Crippen LogP contribution in [0.3, 0.4) is 0 Å². The monoisotopic (exact) mass is 254 g/mol. The lowest BCUT2D eigenvalue weighted by Gasteiger charge is -2.32. The fourth-order valence-corrected chi connectivity index (χ4v) is 3.00. The summed E-state index contributed by atoms with van der Waals surface area (Å²) in [6.07, 6.45) is 9.15. The molecule has 0 heterocycles. The van der Waals surface area contributed by atoms with Gasteiger partial charge in [-0.2, -0.15) is 0 Å². The van der Waals surface area contributed by atoms with Crippen molar-refractivity contribution in [1.29, 1.82) is 0 Å². The van der Waals surface area contributed by atoms with Gasteiger partial charge in [-0.25, -0.2) is 0 Å². The molecule has 2 saturated carbocycles. The molecule has 96 valence electrons. The van der Waals surface area contributed by atoms with Crippen LogP contribution in [0.25, 0.3) is 0 Å². The van der Waals surface area contributed by atoms with Gasteiger partial charge in [0.25, 0.3) is 0 Å². The van der Waals surface area contributed by atoms with E-state index < -0.39 is 0 Å². The number of amides is 1. The molecule has 0 unspecified atom stereocenters. The van der Waals surface area contributed by atoms with E-state index >= 15 is 0 Å². The highest BCUT2D eigenvalue weighted by molar-refractivity contribution is 7.80. The van der Waals surface area contributed by atoms with Gasteiger partial charge in [-0.05, 0) is 31.6 Å². The average Bonchev–Trinajstić information content (AvgIpc) is 2.72. The Balaban J connectivity index is 1.92. The molecular formula is C13H22N2OS. The first kappa shape index (κ1) is 12.8. The van der Waals surface area contributed by atoms with Crippen molar-refractivity contribution < 1.29 is 4.79 Å². The van der Waals surface area contributed by atoms with E-state index in [2.05, 4.69) is 0 Å². The molecule has 0 aromatic carbocycles. The first-order chi connectivity index (χ1) is 8.16. The van der Waals surface area contributed by atoms with Crippen molar-refractivity contribution in [1.82, 2.24) is 4.90 Å². The molecule has 0 bridgehead atoms. The van der Waals surface area contributed by atoms with E-state index in [0.717, 1.165) is 12.8 Å². The molecule has 0 atom stereocenters. The van der Waals surface area contributed by atoms with Crippen molar-refractivity contribution in [3.63, 3.8) is 0 Å². The van der Waals surface area contributed by atoms with Crippen molar-refractivity contribution >= 4 is 23.1 Å². The zero-order valence-electron chi connectivity index (χ0n) is 10.4. The van der Waals surface area contributed by atoms with Gasteiger partial charge in [0.2, 0.25) is 5.91 Å². The maximum atomic E-state index is 12.3. The van der Waals surface area contributed by atoms with E-state index in [0.29, 0.717) is 29.9 Å². The quantitative estimate of drug-likeness (QED) is 0.765. The van der Waals surface area contributed by atoms with E-state index in [1.807, 2.05) is 4.90 Å². The summed E-state index contributed by atoms with van der Waals surface area (Å²) in [5.74, 6) is 0.896. The largest absolute Gasteiger partial charge is 0.392 e. The molecule has 3 nitrogen and oxygen atoms in total. The summed E-state index contributed by atoms with van der Waals surface area (Å²) in [5, 5.41) is 0. The van der Waals surface area contributed by atoms with E-state index in [9.17, 15) is 4.79 Å². The van der Waals surface area contributed by atoms with Crippen LogP contribution in [0.1, 0.15) is 51.4 Å². The fourth-order valence-electron chi connectivity index (χ4n) is 2.87. The number of carbonyl (C=O) groups excluding carboxylic acids is 1. The third kappa shape index (κ3) is 3.41. The molecule has 2 aliphatic rings. The summed E-state index contributed by atoms with van der Waals surface area (Å²) >= 11 is 4.97. The summed E-state index contributed by atoms with van der Waals surface area (Å²) in [5.41, 5.74) is 5.61. The molecular weight excluding hydrogens is 232 g/mol. The highest BCUT2D eigenvalue weighted by atomic mass is 32.1. The van der Waals surface area contributed by atoms with Crippen molar-refractivity contribution in [3.05, 3.63) is 0 Å².